The Morgan fingerprint density at radius 2 is 1.71 bits per heavy atom. The number of aromatic nitrogens is 4. The van der Waals surface area contributed by atoms with Crippen LogP contribution in [-0.2, 0) is 55.5 Å². The zero-order valence-electron chi connectivity index (χ0n) is 32.0. The smallest absolute Gasteiger partial charge is 0.481 e. The first-order valence-electron chi connectivity index (χ1n) is 17.6. The third kappa shape index (κ3) is 15.2. The number of nitrogens with zero attached hydrogens (tertiary/aromatic N) is 4. The number of ether oxygens (including phenoxy) is 1. The van der Waals surface area contributed by atoms with Gasteiger partial charge in [0.1, 0.15) is 42.2 Å². The lowest BCUT2D eigenvalue weighted by Crippen LogP contribution is -2.46. The van der Waals surface area contributed by atoms with Gasteiger partial charge < -0.3 is 56.0 Å². The summed E-state index contributed by atoms with van der Waals surface area (Å²) in [6.45, 7) is 3.86. The summed E-state index contributed by atoms with van der Waals surface area (Å²) in [5.74, 6) is -3.85. The summed E-state index contributed by atoms with van der Waals surface area (Å²) in [6, 6.07) is 0. The van der Waals surface area contributed by atoms with E-state index >= 15 is 0 Å². The van der Waals surface area contributed by atoms with Gasteiger partial charge in [-0.15, -0.1) is 0 Å². The largest absolute Gasteiger partial charge is 0.481 e. The number of fused-ring (bicyclic) bond motifs is 1. The fourth-order valence-corrected chi connectivity index (χ4v) is 8.88. The standard InChI is InChI=1S/C29H48N7O19P3S/c1-5-15(2)10-16(27(41)42)28(43)59-9-8-31-18(37)6-7-32-25(40)22(39)29(3,4)12-52-58(49,50)55-57(47,48)51-11-17-21(54-56(44,45)46)20(38)26(53-17)36-14-35-19-23(30)33-13-34-24(19)36/h13-17,20-22,26,38-39H,5-12H2,1-4H3,(H,31,37)(H,32,40)(H,41,42)(H,47,48)(H,49,50)(H2,30,33,34)(H2,44,45,46). The number of carbonyl (C=O) groups is 4. The van der Waals surface area contributed by atoms with Gasteiger partial charge in [0.2, 0.25) is 16.9 Å². The molecule has 26 nitrogen and oxygen atoms in total. The van der Waals surface area contributed by atoms with Crippen LogP contribution < -0.4 is 16.4 Å². The molecule has 0 saturated carbocycles. The number of aliphatic hydroxyl groups excluding tert-OH is 2. The molecule has 334 valence electrons. The predicted molar refractivity (Wildman–Crippen MR) is 202 cm³/mol. The van der Waals surface area contributed by atoms with E-state index in [1.807, 2.05) is 13.8 Å². The average Bonchev–Trinajstić information content (AvgIpc) is 3.69. The van der Waals surface area contributed by atoms with Crippen LogP contribution in [-0.4, -0.2) is 134 Å². The molecule has 0 aromatic carbocycles. The fourth-order valence-electron chi connectivity index (χ4n) is 5.25. The average molecular weight is 924 g/mol. The highest BCUT2D eigenvalue weighted by Crippen LogP contribution is 2.61. The van der Waals surface area contributed by atoms with Crippen LogP contribution in [0.25, 0.3) is 11.2 Å². The van der Waals surface area contributed by atoms with E-state index in [1.54, 1.807) is 0 Å². The van der Waals surface area contributed by atoms with Gasteiger partial charge in [-0.3, -0.25) is 37.3 Å². The second kappa shape index (κ2) is 21.2. The molecule has 2 amide bonds. The molecule has 2 aromatic heterocycles. The molecule has 0 radical (unpaired) electrons. The van der Waals surface area contributed by atoms with E-state index in [2.05, 4.69) is 34.4 Å². The second-order valence-electron chi connectivity index (χ2n) is 13.9. The highest BCUT2D eigenvalue weighted by atomic mass is 32.2. The normalized spacial score (nSPS) is 22.2. The molecule has 0 bridgehead atoms. The van der Waals surface area contributed by atoms with Gasteiger partial charge in [-0.2, -0.15) is 4.31 Å². The number of imidazole rings is 1. The minimum Gasteiger partial charge on any atom is -0.481 e. The van der Waals surface area contributed by atoms with Crippen LogP contribution in [0.15, 0.2) is 12.7 Å². The zero-order valence-corrected chi connectivity index (χ0v) is 35.5. The van der Waals surface area contributed by atoms with Crippen molar-refractivity contribution in [2.45, 2.75) is 77.6 Å². The predicted octanol–water partition coefficient (Wildman–Crippen LogP) is -0.198. The number of nitrogen functional groups attached to an aromatic ring is 1. The first kappa shape index (κ1) is 50.4. The number of hydrogen-bond donors (Lipinski definition) is 10. The van der Waals surface area contributed by atoms with Gasteiger partial charge in [0.15, 0.2) is 17.7 Å². The van der Waals surface area contributed by atoms with Gasteiger partial charge in [0.05, 0.1) is 19.5 Å². The van der Waals surface area contributed by atoms with E-state index in [1.165, 1.54) is 13.8 Å². The van der Waals surface area contributed by atoms with Gasteiger partial charge in [-0.1, -0.05) is 45.9 Å². The van der Waals surface area contributed by atoms with E-state index in [-0.39, 0.29) is 54.6 Å². The topological polar surface area (TPSA) is 401 Å². The number of carbonyl (C=O) groups excluding carboxylic acids is 3. The Labute approximate surface area is 340 Å². The number of carboxylic acid groups (broad SMARTS) is 1. The molecule has 9 unspecified atom stereocenters. The minimum atomic E-state index is -5.60. The van der Waals surface area contributed by atoms with Crippen LogP contribution in [0.5, 0.6) is 0 Å². The maximum absolute atomic E-state index is 12.7. The van der Waals surface area contributed by atoms with Crippen LogP contribution >= 0.6 is 35.2 Å². The molecule has 1 aliphatic rings. The van der Waals surface area contributed by atoms with Gasteiger partial charge in [-0.05, 0) is 12.3 Å². The van der Waals surface area contributed by atoms with Crippen molar-refractivity contribution < 1.29 is 90.4 Å². The van der Waals surface area contributed by atoms with Crippen molar-refractivity contribution in [2.24, 2.45) is 17.3 Å². The van der Waals surface area contributed by atoms with E-state index < -0.39 is 102 Å². The van der Waals surface area contributed by atoms with Crippen LogP contribution in [0.3, 0.4) is 0 Å². The van der Waals surface area contributed by atoms with Gasteiger partial charge >= 0.3 is 29.4 Å². The quantitative estimate of drug-likeness (QED) is 0.0370. The monoisotopic (exact) mass is 923 g/mol. The van der Waals surface area contributed by atoms with Crippen LogP contribution in [0.1, 0.15) is 53.2 Å². The fraction of sp³-hybridized carbons (Fsp3) is 0.690. The number of aliphatic carboxylic acids is 1. The number of carboxylic acids is 1. The number of nitrogens with one attached hydrogen (secondary N) is 2. The van der Waals surface area contributed by atoms with Crippen molar-refractivity contribution in [2.75, 3.05) is 37.8 Å². The summed E-state index contributed by atoms with van der Waals surface area (Å²) in [7, 11) is -16.5. The molecule has 0 spiro atoms. The minimum absolute atomic E-state index is 0.0189. The molecule has 3 heterocycles. The highest BCUT2D eigenvalue weighted by Gasteiger charge is 2.50. The molecule has 0 aliphatic carbocycles. The molecule has 11 N–H and O–H groups in total. The number of amides is 2. The summed E-state index contributed by atoms with van der Waals surface area (Å²) >= 11 is 0.778. The number of aliphatic hydroxyl groups is 2. The van der Waals surface area contributed by atoms with Gasteiger partial charge in [0, 0.05) is 30.7 Å². The number of anilines is 1. The summed E-state index contributed by atoms with van der Waals surface area (Å²) < 4.78 is 62.1. The Morgan fingerprint density at radius 1 is 1.05 bits per heavy atom. The molecule has 1 saturated heterocycles. The second-order valence-corrected chi connectivity index (χ2v) is 19.2. The molecule has 3 rings (SSSR count). The van der Waals surface area contributed by atoms with E-state index in [9.17, 15) is 67.8 Å². The summed E-state index contributed by atoms with van der Waals surface area (Å²) in [5.41, 5.74) is 4.19. The number of rotatable bonds is 24. The molecule has 1 aliphatic heterocycles. The Kier molecular flexibility index (Phi) is 18.1. The third-order valence-electron chi connectivity index (χ3n) is 8.66. The number of thioether (sulfide) groups is 1. The molecule has 30 heteroatoms. The summed E-state index contributed by atoms with van der Waals surface area (Å²) in [5, 5.41) is 35.1. The Balaban J connectivity index is 1.47. The van der Waals surface area contributed by atoms with Gasteiger partial charge in [-0.25, -0.2) is 28.6 Å². The van der Waals surface area contributed by atoms with Crippen molar-refractivity contribution in [3.8, 4) is 0 Å². The number of hydrogen-bond acceptors (Lipinski definition) is 19. The van der Waals surface area contributed by atoms with Crippen LogP contribution in [0.2, 0.25) is 0 Å². The number of phosphoric acid groups is 3. The Hall–Kier alpha value is -2.97. The molecule has 59 heavy (non-hydrogen) atoms. The number of nitrogens with two attached hydrogens (primary N) is 1. The van der Waals surface area contributed by atoms with Crippen LogP contribution in [0.4, 0.5) is 5.82 Å². The molecular formula is C29H48N7O19P3S. The lowest BCUT2D eigenvalue weighted by Gasteiger charge is -2.30. The lowest BCUT2D eigenvalue weighted by molar-refractivity contribution is -0.145. The third-order valence-corrected chi connectivity index (χ3v) is 12.7. The summed E-state index contributed by atoms with van der Waals surface area (Å²) in [4.78, 5) is 99.5. The van der Waals surface area contributed by atoms with Gasteiger partial charge in [0.25, 0.3) is 0 Å². The lowest BCUT2D eigenvalue weighted by atomic mass is 9.87. The Morgan fingerprint density at radius 3 is 2.34 bits per heavy atom. The van der Waals surface area contributed by atoms with Crippen LogP contribution in [0, 0.1) is 17.3 Å². The number of phosphoric ester groups is 3. The SMILES string of the molecule is CCC(C)CC(C(=O)O)C(=O)SCCNC(=O)CCNC(=O)C(O)C(C)(C)COP(=O)(O)OP(=O)(O)OCC1OC(n2cnc3c(N)ncnc32)C(O)C1OP(=O)(O)O. The summed E-state index contributed by atoms with van der Waals surface area (Å²) in [6.07, 6.45) is -6.22. The van der Waals surface area contributed by atoms with Crippen molar-refractivity contribution in [1.82, 2.24) is 30.2 Å². The first-order chi connectivity index (χ1) is 27.3. The Bertz CT molecular complexity index is 1950. The van der Waals surface area contributed by atoms with Crippen molar-refractivity contribution in [3.63, 3.8) is 0 Å². The molecule has 1 fully saturated rings. The van der Waals surface area contributed by atoms with Crippen molar-refractivity contribution >= 4 is 75.1 Å². The van der Waals surface area contributed by atoms with E-state index in [0.29, 0.717) is 6.42 Å². The maximum atomic E-state index is 12.7. The maximum Gasteiger partial charge on any atom is 0.481 e. The highest BCUT2D eigenvalue weighted by molar-refractivity contribution is 8.13. The van der Waals surface area contributed by atoms with Crippen molar-refractivity contribution in [1.29, 1.82) is 0 Å². The van der Waals surface area contributed by atoms with E-state index in [4.69, 9.17) is 19.5 Å². The van der Waals surface area contributed by atoms with Crippen molar-refractivity contribution in [3.05, 3.63) is 12.7 Å². The van der Waals surface area contributed by atoms with E-state index in [0.717, 1.165) is 29.0 Å². The molecular weight excluding hydrogens is 875 g/mol. The zero-order chi connectivity index (χ0) is 44.5. The molecule has 9 atom stereocenters. The molecule has 2 aromatic rings. The first-order valence-corrected chi connectivity index (χ1v) is 23.1.